The Morgan fingerprint density at radius 3 is 2.63 bits per heavy atom. The maximum atomic E-state index is 6.70. The summed E-state index contributed by atoms with van der Waals surface area (Å²) >= 11 is 0. The summed E-state index contributed by atoms with van der Waals surface area (Å²) in [7, 11) is 0. The van der Waals surface area contributed by atoms with Crippen LogP contribution < -0.4 is 11.5 Å². The van der Waals surface area contributed by atoms with Gasteiger partial charge in [0.15, 0.2) is 11.5 Å². The number of nitrogen functional groups attached to an aromatic ring is 1. The molecule has 0 fully saturated rings. The number of aromatic nitrogens is 4. The quantitative estimate of drug-likeness (QED) is 0.577. The summed E-state index contributed by atoms with van der Waals surface area (Å²) in [6.07, 6.45) is 4.39. The van der Waals surface area contributed by atoms with Crippen LogP contribution in [-0.2, 0) is 12.0 Å². The summed E-state index contributed by atoms with van der Waals surface area (Å²) in [5, 5.41) is 4.76. The van der Waals surface area contributed by atoms with E-state index in [-0.39, 0.29) is 0 Å². The highest BCUT2D eigenvalue weighted by atomic mass is 15.3. The predicted octanol–water partition coefficient (Wildman–Crippen LogP) is 2.80. The molecule has 0 amide bonds. The van der Waals surface area contributed by atoms with Crippen molar-refractivity contribution >= 4 is 17.5 Å². The summed E-state index contributed by atoms with van der Waals surface area (Å²) in [5.41, 5.74) is 16.4. The summed E-state index contributed by atoms with van der Waals surface area (Å²) in [4.78, 5) is 9.07. The van der Waals surface area contributed by atoms with Crippen molar-refractivity contribution in [2.24, 2.45) is 5.73 Å². The minimum Gasteiger partial charge on any atom is -0.384 e. The fourth-order valence-corrected chi connectivity index (χ4v) is 3.50. The van der Waals surface area contributed by atoms with E-state index in [1.807, 2.05) is 59.1 Å². The smallest absolute Gasteiger partial charge is 0.175 e. The first kappa shape index (κ1) is 15.7. The third-order valence-electron chi connectivity index (χ3n) is 4.90. The SMILES string of the molecule is Nc1ccc2c(n1)C=CC(N)(c1nc3cccc(-c4ccccc4)n3n1)C2. The van der Waals surface area contributed by atoms with Crippen molar-refractivity contribution in [3.8, 4) is 11.3 Å². The van der Waals surface area contributed by atoms with Crippen molar-refractivity contribution in [1.29, 1.82) is 0 Å². The van der Waals surface area contributed by atoms with Gasteiger partial charge in [0.1, 0.15) is 11.4 Å². The van der Waals surface area contributed by atoms with E-state index in [9.17, 15) is 0 Å². The van der Waals surface area contributed by atoms with Gasteiger partial charge < -0.3 is 11.5 Å². The third-order valence-corrected chi connectivity index (χ3v) is 4.90. The van der Waals surface area contributed by atoms with Crippen molar-refractivity contribution in [3.05, 3.63) is 83.8 Å². The zero-order chi connectivity index (χ0) is 18.4. The lowest BCUT2D eigenvalue weighted by Gasteiger charge is -2.26. The zero-order valence-electron chi connectivity index (χ0n) is 14.6. The van der Waals surface area contributed by atoms with Crippen molar-refractivity contribution in [1.82, 2.24) is 19.6 Å². The van der Waals surface area contributed by atoms with E-state index < -0.39 is 5.54 Å². The molecule has 1 aliphatic rings. The summed E-state index contributed by atoms with van der Waals surface area (Å²) < 4.78 is 1.85. The standard InChI is InChI=1S/C21H18N6/c22-18-10-9-15-13-21(23,12-11-16(15)24-18)20-25-19-8-4-7-17(27(19)26-20)14-5-2-1-3-6-14/h1-12H,13,23H2,(H2,22,24). The van der Waals surface area contributed by atoms with Crippen molar-refractivity contribution in [2.45, 2.75) is 12.0 Å². The Bertz CT molecular complexity index is 1180. The van der Waals surface area contributed by atoms with Gasteiger partial charge in [-0.15, -0.1) is 5.10 Å². The first-order valence-electron chi connectivity index (χ1n) is 8.78. The van der Waals surface area contributed by atoms with E-state index >= 15 is 0 Å². The van der Waals surface area contributed by atoms with Crippen LogP contribution in [0.3, 0.4) is 0 Å². The monoisotopic (exact) mass is 354 g/mol. The van der Waals surface area contributed by atoms with E-state index in [4.69, 9.17) is 21.5 Å². The van der Waals surface area contributed by atoms with E-state index in [1.54, 1.807) is 6.07 Å². The second-order valence-corrected chi connectivity index (χ2v) is 6.81. The molecule has 0 radical (unpaired) electrons. The lowest BCUT2D eigenvalue weighted by Crippen LogP contribution is -2.40. The van der Waals surface area contributed by atoms with E-state index in [0.29, 0.717) is 18.1 Å². The lowest BCUT2D eigenvalue weighted by atomic mass is 9.85. The number of hydrogen-bond donors (Lipinski definition) is 2. The van der Waals surface area contributed by atoms with Gasteiger partial charge in [-0.05, 0) is 29.8 Å². The fraction of sp³-hybridized carbons (Fsp3) is 0.0952. The molecule has 132 valence electrons. The highest BCUT2D eigenvalue weighted by Crippen LogP contribution is 2.31. The van der Waals surface area contributed by atoms with E-state index in [2.05, 4.69) is 17.1 Å². The van der Waals surface area contributed by atoms with Gasteiger partial charge in [0.25, 0.3) is 0 Å². The molecule has 3 heterocycles. The normalized spacial score (nSPS) is 18.6. The summed E-state index contributed by atoms with van der Waals surface area (Å²) in [5.74, 6) is 1.09. The molecule has 4 N–H and O–H groups in total. The molecule has 1 aromatic carbocycles. The number of nitrogens with zero attached hydrogens (tertiary/aromatic N) is 4. The molecule has 4 aromatic rings. The maximum absolute atomic E-state index is 6.70. The van der Waals surface area contributed by atoms with Crippen LogP contribution in [0.2, 0.25) is 0 Å². The second kappa shape index (κ2) is 5.75. The molecule has 0 saturated carbocycles. The highest BCUT2D eigenvalue weighted by molar-refractivity contribution is 5.63. The molecule has 1 aliphatic carbocycles. The molecule has 5 rings (SSSR count). The number of fused-ring (bicyclic) bond motifs is 2. The average Bonchev–Trinajstić information content (AvgIpc) is 3.14. The van der Waals surface area contributed by atoms with Crippen LogP contribution in [0.1, 0.15) is 17.1 Å². The molecule has 6 nitrogen and oxygen atoms in total. The largest absolute Gasteiger partial charge is 0.384 e. The Morgan fingerprint density at radius 1 is 0.926 bits per heavy atom. The predicted molar refractivity (Wildman–Crippen MR) is 106 cm³/mol. The molecule has 0 aliphatic heterocycles. The maximum Gasteiger partial charge on any atom is 0.175 e. The molecule has 0 spiro atoms. The van der Waals surface area contributed by atoms with Crippen LogP contribution in [0.25, 0.3) is 23.0 Å². The van der Waals surface area contributed by atoms with E-state index in [0.717, 1.165) is 28.2 Å². The van der Waals surface area contributed by atoms with Gasteiger partial charge >= 0.3 is 0 Å². The Labute approximate surface area is 156 Å². The van der Waals surface area contributed by atoms with Gasteiger partial charge in [0.2, 0.25) is 0 Å². The number of benzene rings is 1. The zero-order valence-corrected chi connectivity index (χ0v) is 14.6. The fourth-order valence-electron chi connectivity index (χ4n) is 3.50. The molecule has 0 saturated heterocycles. The Morgan fingerprint density at radius 2 is 1.78 bits per heavy atom. The third kappa shape index (κ3) is 2.58. The number of rotatable bonds is 2. The van der Waals surface area contributed by atoms with Crippen LogP contribution in [-0.4, -0.2) is 19.6 Å². The first-order chi connectivity index (χ1) is 13.1. The van der Waals surface area contributed by atoms with Crippen LogP contribution in [0.4, 0.5) is 5.82 Å². The minimum absolute atomic E-state index is 0.501. The van der Waals surface area contributed by atoms with E-state index in [1.165, 1.54) is 0 Å². The van der Waals surface area contributed by atoms with Gasteiger partial charge in [-0.25, -0.2) is 14.5 Å². The molecule has 0 bridgehead atoms. The number of hydrogen-bond acceptors (Lipinski definition) is 5. The molecule has 27 heavy (non-hydrogen) atoms. The Kier molecular flexibility index (Phi) is 3.35. The van der Waals surface area contributed by atoms with Crippen LogP contribution in [0.15, 0.2) is 66.7 Å². The van der Waals surface area contributed by atoms with Crippen LogP contribution >= 0.6 is 0 Å². The van der Waals surface area contributed by atoms with Crippen LogP contribution in [0, 0.1) is 0 Å². The van der Waals surface area contributed by atoms with Gasteiger partial charge in [-0.2, -0.15) is 0 Å². The van der Waals surface area contributed by atoms with Gasteiger partial charge in [0.05, 0.1) is 11.4 Å². The first-order valence-corrected chi connectivity index (χ1v) is 8.78. The minimum atomic E-state index is -0.787. The van der Waals surface area contributed by atoms with Crippen molar-refractivity contribution in [2.75, 3.05) is 5.73 Å². The average molecular weight is 354 g/mol. The van der Waals surface area contributed by atoms with Crippen molar-refractivity contribution in [3.63, 3.8) is 0 Å². The van der Waals surface area contributed by atoms with Gasteiger partial charge in [-0.1, -0.05) is 48.5 Å². The number of anilines is 1. The molecular formula is C21H18N6. The summed E-state index contributed by atoms with van der Waals surface area (Å²) in [6.45, 7) is 0. The topological polar surface area (TPSA) is 95.1 Å². The highest BCUT2D eigenvalue weighted by Gasteiger charge is 2.33. The molecule has 3 aromatic heterocycles. The summed E-state index contributed by atoms with van der Waals surface area (Å²) in [6, 6.07) is 19.8. The second-order valence-electron chi connectivity index (χ2n) is 6.81. The number of pyridine rings is 2. The lowest BCUT2D eigenvalue weighted by molar-refractivity contribution is 0.515. The molecule has 1 unspecified atom stereocenters. The van der Waals surface area contributed by atoms with Crippen LogP contribution in [0.5, 0.6) is 0 Å². The van der Waals surface area contributed by atoms with Gasteiger partial charge in [0, 0.05) is 12.0 Å². The Hall–Kier alpha value is -3.51. The Balaban J connectivity index is 1.62. The van der Waals surface area contributed by atoms with Crippen molar-refractivity contribution < 1.29 is 0 Å². The number of nitrogens with two attached hydrogens (primary N) is 2. The molecule has 1 atom stereocenters. The molecule has 6 heteroatoms. The molecular weight excluding hydrogens is 336 g/mol. The van der Waals surface area contributed by atoms with Gasteiger partial charge in [-0.3, -0.25) is 0 Å².